The Morgan fingerprint density at radius 1 is 1.19 bits per heavy atom. The van der Waals surface area contributed by atoms with Gasteiger partial charge in [0.1, 0.15) is 10.8 Å². The Labute approximate surface area is 163 Å². The first-order chi connectivity index (χ1) is 12.9. The second-order valence-corrected chi connectivity index (χ2v) is 9.01. The minimum atomic E-state index is -3.90. The van der Waals surface area contributed by atoms with E-state index in [-0.39, 0.29) is 15.6 Å². The number of carbonyl (C=O) groups is 1. The number of rotatable bonds is 6. The third-order valence-electron chi connectivity index (χ3n) is 3.65. The highest BCUT2D eigenvalue weighted by molar-refractivity contribution is 7.92. The van der Waals surface area contributed by atoms with Crippen molar-refractivity contribution in [3.05, 3.63) is 34.4 Å². The van der Waals surface area contributed by atoms with Crippen molar-refractivity contribution in [1.82, 2.24) is 4.57 Å². The van der Waals surface area contributed by atoms with Gasteiger partial charge >= 0.3 is 5.97 Å². The average molecular weight is 429 g/mol. The van der Waals surface area contributed by atoms with Gasteiger partial charge in [-0.25, -0.2) is 0 Å². The van der Waals surface area contributed by atoms with E-state index in [2.05, 4.69) is 4.40 Å². The maximum absolute atomic E-state index is 12.6. The zero-order valence-electron chi connectivity index (χ0n) is 14.7. The topological polar surface area (TPSA) is 96.2 Å². The van der Waals surface area contributed by atoms with Gasteiger partial charge in [0.15, 0.2) is 11.5 Å². The first-order valence-electron chi connectivity index (χ1n) is 7.56. The van der Waals surface area contributed by atoms with Gasteiger partial charge in [-0.2, -0.15) is 8.42 Å². The highest BCUT2D eigenvalue weighted by atomic mass is 32.2. The molecule has 27 heavy (non-hydrogen) atoms. The highest BCUT2D eigenvalue weighted by Gasteiger charge is 2.18. The minimum absolute atomic E-state index is 0.125. The molecule has 3 aromatic rings. The average Bonchev–Trinajstić information content (AvgIpc) is 3.29. The molecule has 0 amide bonds. The molecule has 0 saturated carbocycles. The summed E-state index contributed by atoms with van der Waals surface area (Å²) in [5.74, 6) is 0.415. The number of fused-ring (bicyclic) bond motifs is 1. The molecular formula is C16H16N2O6S3. The fourth-order valence-electron chi connectivity index (χ4n) is 2.37. The normalized spacial score (nSPS) is 12.3. The van der Waals surface area contributed by atoms with Gasteiger partial charge in [-0.15, -0.1) is 15.7 Å². The van der Waals surface area contributed by atoms with Crippen LogP contribution in [0.4, 0.5) is 0 Å². The van der Waals surface area contributed by atoms with Crippen LogP contribution in [-0.2, 0) is 26.1 Å². The number of thiophene rings is 1. The first kappa shape index (κ1) is 19.4. The molecule has 2 heterocycles. The number of sulfonamides is 1. The zero-order chi connectivity index (χ0) is 19.6. The highest BCUT2D eigenvalue weighted by Crippen LogP contribution is 2.33. The lowest BCUT2D eigenvalue weighted by Crippen LogP contribution is -2.22. The molecule has 0 unspecified atom stereocenters. The van der Waals surface area contributed by atoms with E-state index in [9.17, 15) is 13.2 Å². The van der Waals surface area contributed by atoms with Gasteiger partial charge in [0.2, 0.25) is 4.80 Å². The second-order valence-electron chi connectivity index (χ2n) is 5.22. The van der Waals surface area contributed by atoms with Gasteiger partial charge in [-0.3, -0.25) is 4.79 Å². The molecule has 11 heteroatoms. The standard InChI is InChI=1S/C16H16N2O6S3/c1-22-11-7-10-13(8-12(11)23-2)26-16(18(10)9-14(19)24-3)17-27(20,21)15-5-4-6-25-15/h4-8H,9H2,1-3H3/b17-16-. The van der Waals surface area contributed by atoms with E-state index < -0.39 is 16.0 Å². The van der Waals surface area contributed by atoms with Crippen molar-refractivity contribution in [2.24, 2.45) is 4.40 Å². The summed E-state index contributed by atoms with van der Waals surface area (Å²) >= 11 is 2.20. The van der Waals surface area contributed by atoms with Gasteiger partial charge in [-0.05, 0) is 11.4 Å². The van der Waals surface area contributed by atoms with Crippen molar-refractivity contribution in [3.8, 4) is 11.5 Å². The number of aromatic nitrogens is 1. The summed E-state index contributed by atoms with van der Waals surface area (Å²) in [7, 11) is 0.368. The molecule has 0 bridgehead atoms. The molecule has 0 spiro atoms. The number of esters is 1. The molecule has 144 valence electrons. The summed E-state index contributed by atoms with van der Waals surface area (Å²) < 4.78 is 46.7. The fraction of sp³-hybridized carbons (Fsp3) is 0.250. The van der Waals surface area contributed by atoms with Gasteiger partial charge in [0.05, 0.1) is 31.5 Å². The maximum Gasteiger partial charge on any atom is 0.325 e. The number of benzene rings is 1. The van der Waals surface area contributed by atoms with Gasteiger partial charge in [-0.1, -0.05) is 17.4 Å². The van der Waals surface area contributed by atoms with E-state index >= 15 is 0 Å². The lowest BCUT2D eigenvalue weighted by Gasteiger charge is -2.09. The maximum atomic E-state index is 12.6. The Morgan fingerprint density at radius 3 is 2.48 bits per heavy atom. The molecule has 0 aliphatic carbocycles. The van der Waals surface area contributed by atoms with Crippen molar-refractivity contribution in [1.29, 1.82) is 0 Å². The molecule has 0 aliphatic heterocycles. The number of ether oxygens (including phenoxy) is 3. The van der Waals surface area contributed by atoms with Crippen molar-refractivity contribution < 1.29 is 27.4 Å². The van der Waals surface area contributed by atoms with E-state index in [1.807, 2.05) is 0 Å². The van der Waals surface area contributed by atoms with Crippen LogP contribution in [0.3, 0.4) is 0 Å². The predicted molar refractivity (Wildman–Crippen MR) is 102 cm³/mol. The van der Waals surface area contributed by atoms with E-state index in [0.717, 1.165) is 22.7 Å². The van der Waals surface area contributed by atoms with Crippen molar-refractivity contribution in [2.75, 3.05) is 21.3 Å². The molecular weight excluding hydrogens is 412 g/mol. The number of thiazole rings is 1. The van der Waals surface area contributed by atoms with Crippen LogP contribution in [0, 0.1) is 0 Å². The van der Waals surface area contributed by atoms with Crippen LogP contribution in [0.15, 0.2) is 38.3 Å². The van der Waals surface area contributed by atoms with E-state index in [1.165, 1.54) is 32.0 Å². The number of nitrogens with zero attached hydrogens (tertiary/aromatic N) is 2. The summed E-state index contributed by atoms with van der Waals surface area (Å²) in [5, 5.41) is 1.66. The third-order valence-corrected chi connectivity index (χ3v) is 7.45. The molecule has 0 radical (unpaired) electrons. The molecule has 2 aromatic heterocycles. The third kappa shape index (κ3) is 3.84. The fourth-order valence-corrected chi connectivity index (χ4v) is 5.58. The van der Waals surface area contributed by atoms with Gasteiger partial charge < -0.3 is 18.8 Å². The lowest BCUT2D eigenvalue weighted by atomic mass is 10.3. The smallest absolute Gasteiger partial charge is 0.325 e. The first-order valence-corrected chi connectivity index (χ1v) is 10.7. The summed E-state index contributed by atoms with van der Waals surface area (Å²) in [6, 6.07) is 6.50. The molecule has 0 atom stereocenters. The second kappa shape index (κ2) is 7.71. The van der Waals surface area contributed by atoms with E-state index in [4.69, 9.17) is 14.2 Å². The van der Waals surface area contributed by atoms with Gasteiger partial charge in [0.25, 0.3) is 10.0 Å². The largest absolute Gasteiger partial charge is 0.493 e. The number of hydrogen-bond donors (Lipinski definition) is 0. The Kier molecular flexibility index (Phi) is 5.53. The molecule has 3 rings (SSSR count). The quantitative estimate of drug-likeness (QED) is 0.559. The summed E-state index contributed by atoms with van der Waals surface area (Å²) in [6.45, 7) is -0.190. The van der Waals surface area contributed by atoms with Crippen molar-refractivity contribution in [3.63, 3.8) is 0 Å². The zero-order valence-corrected chi connectivity index (χ0v) is 17.1. The van der Waals surface area contributed by atoms with Crippen LogP contribution in [-0.4, -0.2) is 40.3 Å². The monoisotopic (exact) mass is 428 g/mol. The Morgan fingerprint density at radius 2 is 1.89 bits per heavy atom. The molecule has 1 aromatic carbocycles. The molecule has 0 fully saturated rings. The van der Waals surface area contributed by atoms with E-state index in [0.29, 0.717) is 21.7 Å². The molecule has 0 saturated heterocycles. The van der Waals surface area contributed by atoms with Crippen molar-refractivity contribution in [2.45, 2.75) is 10.8 Å². The molecule has 0 N–H and O–H groups in total. The number of methoxy groups -OCH3 is 3. The SMILES string of the molecule is COC(=O)Cn1/c(=N/S(=O)(=O)c2cccs2)sc2cc(OC)c(OC)cc21. The van der Waals surface area contributed by atoms with Crippen LogP contribution < -0.4 is 14.3 Å². The minimum Gasteiger partial charge on any atom is -0.493 e. The molecule has 8 nitrogen and oxygen atoms in total. The van der Waals surface area contributed by atoms with Crippen molar-refractivity contribution >= 4 is 48.9 Å². The number of hydrogen-bond acceptors (Lipinski definition) is 8. The Bertz CT molecular complexity index is 1140. The van der Waals surface area contributed by atoms with Crippen LogP contribution >= 0.6 is 22.7 Å². The predicted octanol–water partition coefficient (Wildman–Crippen LogP) is 2.24. The summed E-state index contributed by atoms with van der Waals surface area (Å²) in [6.07, 6.45) is 0. The van der Waals surface area contributed by atoms with Crippen LogP contribution in [0.5, 0.6) is 11.5 Å². The van der Waals surface area contributed by atoms with Crippen LogP contribution in [0.25, 0.3) is 10.2 Å². The van der Waals surface area contributed by atoms with E-state index in [1.54, 1.807) is 23.6 Å². The van der Waals surface area contributed by atoms with Crippen LogP contribution in [0.2, 0.25) is 0 Å². The Balaban J connectivity index is 2.29. The summed E-state index contributed by atoms with van der Waals surface area (Å²) in [4.78, 5) is 12.0. The lowest BCUT2D eigenvalue weighted by molar-refractivity contribution is -0.141. The Hall–Kier alpha value is -2.37. The van der Waals surface area contributed by atoms with Crippen LogP contribution in [0.1, 0.15) is 0 Å². The molecule has 0 aliphatic rings. The number of carbonyl (C=O) groups excluding carboxylic acids is 1. The summed E-state index contributed by atoms with van der Waals surface area (Å²) in [5.41, 5.74) is 0.586. The van der Waals surface area contributed by atoms with Gasteiger partial charge in [0, 0.05) is 12.1 Å².